The fourth-order valence-electron chi connectivity index (χ4n) is 0.904. The van der Waals surface area contributed by atoms with Gasteiger partial charge < -0.3 is 10.7 Å². The summed E-state index contributed by atoms with van der Waals surface area (Å²) in [6, 6.07) is 1.77. The summed E-state index contributed by atoms with van der Waals surface area (Å²) in [6.07, 6.45) is 6.06. The molecule has 0 unspecified atom stereocenters. The molecule has 1 aromatic heterocycles. The lowest BCUT2D eigenvalue weighted by Gasteiger charge is -1.93. The lowest BCUT2D eigenvalue weighted by molar-refractivity contribution is 1.01. The van der Waals surface area contributed by atoms with E-state index in [1.165, 1.54) is 0 Å². The number of hydrogen-bond donors (Lipinski definition) is 2. The van der Waals surface area contributed by atoms with Gasteiger partial charge in [-0.15, -0.1) is 0 Å². The van der Waals surface area contributed by atoms with Crippen molar-refractivity contribution in [3.63, 3.8) is 0 Å². The van der Waals surface area contributed by atoms with E-state index in [4.69, 9.17) is 5.73 Å². The number of hydrogen-bond acceptors (Lipinski definition) is 2. The van der Waals surface area contributed by atoms with Crippen molar-refractivity contribution in [2.24, 2.45) is 5.73 Å². The smallest absolute Gasteiger partial charge is 0.255 e. The van der Waals surface area contributed by atoms with E-state index in [0.29, 0.717) is 12.1 Å². The fraction of sp³-hybridized carbons (Fsp3) is 0.222. The minimum Gasteiger partial charge on any atom is -0.330 e. The van der Waals surface area contributed by atoms with E-state index in [-0.39, 0.29) is 5.56 Å². The summed E-state index contributed by atoms with van der Waals surface area (Å²) in [4.78, 5) is 13.8. The Kier molecular flexibility index (Phi) is 3.92. The van der Waals surface area contributed by atoms with Crippen molar-refractivity contribution in [3.05, 3.63) is 38.7 Å². The molecule has 0 spiro atoms. The standard InChI is InChI=1S/C9H11BrN2O/c10-8-5-7(3-1-2-4-11)9(13)12-6-8/h1,3,5-6H,2,4,11H2,(H,12,13). The first-order valence-corrected chi connectivity index (χ1v) is 4.78. The zero-order chi connectivity index (χ0) is 9.68. The Morgan fingerprint density at radius 2 is 2.38 bits per heavy atom. The molecule has 13 heavy (non-hydrogen) atoms. The van der Waals surface area contributed by atoms with E-state index in [0.717, 1.165) is 10.9 Å². The first kappa shape index (κ1) is 10.2. The predicted octanol–water partition coefficient (Wildman–Crippen LogP) is 1.50. The minimum absolute atomic E-state index is 0.0866. The highest BCUT2D eigenvalue weighted by molar-refractivity contribution is 9.10. The number of halogens is 1. The molecule has 70 valence electrons. The summed E-state index contributed by atoms with van der Waals surface area (Å²) in [7, 11) is 0. The highest BCUT2D eigenvalue weighted by Gasteiger charge is 1.94. The van der Waals surface area contributed by atoms with Crippen LogP contribution in [0.3, 0.4) is 0 Å². The third-order valence-electron chi connectivity index (χ3n) is 1.53. The minimum atomic E-state index is -0.0866. The molecule has 0 aliphatic heterocycles. The number of nitrogens with two attached hydrogens (primary N) is 1. The zero-order valence-electron chi connectivity index (χ0n) is 7.09. The molecular weight excluding hydrogens is 232 g/mol. The normalized spacial score (nSPS) is 10.9. The zero-order valence-corrected chi connectivity index (χ0v) is 8.67. The second kappa shape index (κ2) is 4.99. The van der Waals surface area contributed by atoms with Gasteiger partial charge in [-0.25, -0.2) is 0 Å². The van der Waals surface area contributed by atoms with Crippen LogP contribution in [0.4, 0.5) is 0 Å². The Labute approximate surface area is 84.8 Å². The monoisotopic (exact) mass is 242 g/mol. The maximum atomic E-state index is 11.2. The van der Waals surface area contributed by atoms with E-state index in [1.807, 2.05) is 6.08 Å². The SMILES string of the molecule is NCCC=Cc1cc(Br)c[nH]c1=O. The van der Waals surface area contributed by atoms with Crippen molar-refractivity contribution in [2.45, 2.75) is 6.42 Å². The summed E-state index contributed by atoms with van der Waals surface area (Å²) in [6.45, 7) is 0.600. The molecule has 0 aromatic carbocycles. The van der Waals surface area contributed by atoms with E-state index < -0.39 is 0 Å². The summed E-state index contributed by atoms with van der Waals surface area (Å²) in [5.41, 5.74) is 5.87. The molecule has 0 saturated carbocycles. The number of H-pyrrole nitrogens is 1. The van der Waals surface area contributed by atoms with Gasteiger partial charge in [0.15, 0.2) is 0 Å². The molecule has 1 rings (SSSR count). The van der Waals surface area contributed by atoms with Crippen LogP contribution in [-0.2, 0) is 0 Å². The van der Waals surface area contributed by atoms with Crippen LogP contribution < -0.4 is 11.3 Å². The van der Waals surface area contributed by atoms with Crippen LogP contribution in [0.5, 0.6) is 0 Å². The van der Waals surface area contributed by atoms with Crippen LogP contribution >= 0.6 is 15.9 Å². The Morgan fingerprint density at radius 3 is 3.08 bits per heavy atom. The average molecular weight is 243 g/mol. The number of aromatic amines is 1. The van der Waals surface area contributed by atoms with Gasteiger partial charge in [-0.3, -0.25) is 4.79 Å². The van der Waals surface area contributed by atoms with Gasteiger partial charge >= 0.3 is 0 Å². The first-order valence-electron chi connectivity index (χ1n) is 3.99. The third kappa shape index (κ3) is 3.16. The van der Waals surface area contributed by atoms with Gasteiger partial charge in [-0.05, 0) is 35.0 Å². The van der Waals surface area contributed by atoms with Gasteiger partial charge in [0.2, 0.25) is 0 Å². The molecule has 3 nitrogen and oxygen atoms in total. The second-order valence-electron chi connectivity index (χ2n) is 2.58. The van der Waals surface area contributed by atoms with Crippen LogP contribution in [0.1, 0.15) is 12.0 Å². The summed E-state index contributed by atoms with van der Waals surface area (Å²) >= 11 is 3.28. The molecule has 0 amide bonds. The Bertz CT molecular complexity index is 357. The van der Waals surface area contributed by atoms with Gasteiger partial charge in [0.1, 0.15) is 0 Å². The van der Waals surface area contributed by atoms with Crippen molar-refractivity contribution in [1.29, 1.82) is 0 Å². The number of pyridine rings is 1. The maximum Gasteiger partial charge on any atom is 0.255 e. The Hall–Kier alpha value is -0.870. The molecule has 3 N–H and O–H groups in total. The van der Waals surface area contributed by atoms with Crippen LogP contribution in [0.2, 0.25) is 0 Å². The fourth-order valence-corrected chi connectivity index (χ4v) is 1.27. The van der Waals surface area contributed by atoms with Gasteiger partial charge in [-0.1, -0.05) is 12.2 Å². The quantitative estimate of drug-likeness (QED) is 0.845. The molecule has 0 atom stereocenters. The van der Waals surface area contributed by atoms with Crippen molar-refractivity contribution >= 4 is 22.0 Å². The Morgan fingerprint density at radius 1 is 1.62 bits per heavy atom. The van der Waals surface area contributed by atoms with Crippen molar-refractivity contribution in [2.75, 3.05) is 6.54 Å². The second-order valence-corrected chi connectivity index (χ2v) is 3.50. The van der Waals surface area contributed by atoms with Gasteiger partial charge in [0.25, 0.3) is 5.56 Å². The van der Waals surface area contributed by atoms with E-state index in [9.17, 15) is 4.79 Å². The largest absolute Gasteiger partial charge is 0.330 e. The van der Waals surface area contributed by atoms with Gasteiger partial charge in [-0.2, -0.15) is 0 Å². The number of aromatic nitrogens is 1. The summed E-state index contributed by atoms with van der Waals surface area (Å²) in [5.74, 6) is 0. The highest BCUT2D eigenvalue weighted by Crippen LogP contribution is 2.07. The van der Waals surface area contributed by atoms with E-state index in [2.05, 4.69) is 20.9 Å². The molecule has 1 aromatic rings. The maximum absolute atomic E-state index is 11.2. The van der Waals surface area contributed by atoms with E-state index >= 15 is 0 Å². The van der Waals surface area contributed by atoms with Crippen LogP contribution in [-0.4, -0.2) is 11.5 Å². The van der Waals surface area contributed by atoms with Crippen LogP contribution in [0, 0.1) is 0 Å². The van der Waals surface area contributed by atoms with Crippen LogP contribution in [0.25, 0.3) is 6.08 Å². The summed E-state index contributed by atoms with van der Waals surface area (Å²) in [5, 5.41) is 0. The van der Waals surface area contributed by atoms with Crippen molar-refractivity contribution < 1.29 is 0 Å². The Balaban J connectivity index is 2.87. The highest BCUT2D eigenvalue weighted by atomic mass is 79.9. The van der Waals surface area contributed by atoms with Crippen LogP contribution in [0.15, 0.2) is 27.6 Å². The molecule has 0 fully saturated rings. The molecule has 4 heteroatoms. The van der Waals surface area contributed by atoms with Crippen molar-refractivity contribution in [1.82, 2.24) is 4.98 Å². The van der Waals surface area contributed by atoms with Gasteiger partial charge in [0.05, 0.1) is 0 Å². The summed E-state index contributed by atoms with van der Waals surface area (Å²) < 4.78 is 0.861. The molecule has 1 heterocycles. The molecular formula is C9H11BrN2O. The van der Waals surface area contributed by atoms with E-state index in [1.54, 1.807) is 18.3 Å². The topological polar surface area (TPSA) is 58.9 Å². The lowest BCUT2D eigenvalue weighted by Crippen LogP contribution is -2.07. The molecule has 0 aliphatic carbocycles. The predicted molar refractivity (Wildman–Crippen MR) is 57.5 cm³/mol. The molecule has 0 bridgehead atoms. The average Bonchev–Trinajstić information content (AvgIpc) is 2.11. The van der Waals surface area contributed by atoms with Gasteiger partial charge in [0, 0.05) is 16.2 Å². The first-order chi connectivity index (χ1) is 6.24. The molecule has 0 aliphatic rings. The lowest BCUT2D eigenvalue weighted by atomic mass is 10.2. The van der Waals surface area contributed by atoms with Crippen molar-refractivity contribution in [3.8, 4) is 0 Å². The number of rotatable bonds is 3. The third-order valence-corrected chi connectivity index (χ3v) is 1.99. The molecule has 0 radical (unpaired) electrons. The molecule has 0 saturated heterocycles. The number of nitrogens with one attached hydrogen (secondary N) is 1.